The largest absolute Gasteiger partial charge is 0.399 e. The zero-order valence-electron chi connectivity index (χ0n) is 8.48. The van der Waals surface area contributed by atoms with Crippen LogP contribution >= 0.6 is 34.8 Å². The number of nitrogens with two attached hydrogens (primary N) is 1. The van der Waals surface area contributed by atoms with Crippen LogP contribution in [0, 0.1) is 5.82 Å². The summed E-state index contributed by atoms with van der Waals surface area (Å²) in [5, 5.41) is 0.997. The Bertz CT molecular complexity index is 561. The van der Waals surface area contributed by atoms with Crippen LogP contribution in [-0.2, 0) is 0 Å². The lowest BCUT2D eigenvalue weighted by Crippen LogP contribution is -1.91. The van der Waals surface area contributed by atoms with Crippen LogP contribution in [0.4, 0.5) is 10.1 Å². The maximum atomic E-state index is 13.8. The molecule has 0 bridgehead atoms. The van der Waals surface area contributed by atoms with Crippen LogP contribution in [0.15, 0.2) is 30.3 Å². The van der Waals surface area contributed by atoms with Gasteiger partial charge >= 0.3 is 0 Å². The Morgan fingerprint density at radius 3 is 2.06 bits per heavy atom. The second-order valence-corrected chi connectivity index (χ2v) is 4.73. The first kappa shape index (κ1) is 12.5. The zero-order chi connectivity index (χ0) is 12.6. The molecule has 17 heavy (non-hydrogen) atoms. The van der Waals surface area contributed by atoms with Crippen molar-refractivity contribution in [3.8, 4) is 11.1 Å². The van der Waals surface area contributed by atoms with E-state index >= 15 is 0 Å². The Kier molecular flexibility index (Phi) is 3.48. The van der Waals surface area contributed by atoms with Gasteiger partial charge in [0.15, 0.2) is 0 Å². The summed E-state index contributed by atoms with van der Waals surface area (Å²) in [4.78, 5) is 0. The average molecular weight is 291 g/mol. The standard InChI is InChI=1S/C12H7Cl3FN/c13-6-3-9(14)12(10(15)4-6)8-2-1-7(17)5-11(8)16/h1-5H,17H2. The summed E-state index contributed by atoms with van der Waals surface area (Å²) in [5.41, 5.74) is 6.53. The summed E-state index contributed by atoms with van der Waals surface area (Å²) in [6.07, 6.45) is 0. The highest BCUT2D eigenvalue weighted by molar-refractivity contribution is 6.41. The molecule has 88 valence electrons. The molecule has 0 atom stereocenters. The molecule has 0 saturated heterocycles. The van der Waals surface area contributed by atoms with Crippen molar-refractivity contribution in [3.05, 3.63) is 51.2 Å². The molecule has 2 aromatic rings. The quantitative estimate of drug-likeness (QED) is 0.732. The predicted molar refractivity (Wildman–Crippen MR) is 71.3 cm³/mol. The smallest absolute Gasteiger partial charge is 0.133 e. The van der Waals surface area contributed by atoms with Crippen molar-refractivity contribution in [1.82, 2.24) is 0 Å². The second-order valence-electron chi connectivity index (χ2n) is 3.48. The Hall–Kier alpha value is -0.960. The van der Waals surface area contributed by atoms with E-state index < -0.39 is 5.82 Å². The minimum atomic E-state index is -0.476. The summed E-state index contributed by atoms with van der Waals surface area (Å²) in [7, 11) is 0. The molecule has 2 rings (SSSR count). The number of hydrogen-bond acceptors (Lipinski definition) is 1. The van der Waals surface area contributed by atoms with Crippen LogP contribution in [-0.4, -0.2) is 0 Å². The normalized spacial score (nSPS) is 10.6. The van der Waals surface area contributed by atoms with Gasteiger partial charge in [0, 0.05) is 21.8 Å². The summed E-state index contributed by atoms with van der Waals surface area (Å²) >= 11 is 17.8. The summed E-state index contributed by atoms with van der Waals surface area (Å²) < 4.78 is 13.8. The van der Waals surface area contributed by atoms with Crippen molar-refractivity contribution in [2.24, 2.45) is 0 Å². The van der Waals surface area contributed by atoms with Crippen molar-refractivity contribution in [1.29, 1.82) is 0 Å². The van der Waals surface area contributed by atoms with E-state index in [1.165, 1.54) is 24.3 Å². The number of halogens is 4. The van der Waals surface area contributed by atoms with E-state index in [2.05, 4.69) is 0 Å². The molecule has 0 saturated carbocycles. The van der Waals surface area contributed by atoms with E-state index in [1.54, 1.807) is 6.07 Å². The Morgan fingerprint density at radius 1 is 0.941 bits per heavy atom. The molecule has 0 aliphatic heterocycles. The molecule has 0 unspecified atom stereocenters. The number of nitrogen functional groups attached to an aromatic ring is 1. The number of anilines is 1. The van der Waals surface area contributed by atoms with E-state index in [9.17, 15) is 4.39 Å². The molecule has 0 aliphatic rings. The molecule has 0 spiro atoms. The van der Waals surface area contributed by atoms with Gasteiger partial charge in [0.05, 0.1) is 10.0 Å². The van der Waals surface area contributed by atoms with Gasteiger partial charge in [-0.05, 0) is 30.3 Å². The van der Waals surface area contributed by atoms with Crippen LogP contribution in [0.1, 0.15) is 0 Å². The number of benzene rings is 2. The maximum absolute atomic E-state index is 13.8. The number of hydrogen-bond donors (Lipinski definition) is 1. The van der Waals surface area contributed by atoms with E-state index in [0.717, 1.165) is 0 Å². The van der Waals surface area contributed by atoms with Gasteiger partial charge in [0.1, 0.15) is 5.82 Å². The molecule has 1 nitrogen and oxygen atoms in total. The summed E-state index contributed by atoms with van der Waals surface area (Å²) in [6, 6.07) is 7.36. The number of rotatable bonds is 1. The minimum Gasteiger partial charge on any atom is -0.399 e. The van der Waals surface area contributed by atoms with Crippen molar-refractivity contribution in [3.63, 3.8) is 0 Å². The maximum Gasteiger partial charge on any atom is 0.133 e. The first-order chi connectivity index (χ1) is 7.99. The summed E-state index contributed by atoms with van der Waals surface area (Å²) in [6.45, 7) is 0. The molecule has 0 radical (unpaired) electrons. The average Bonchev–Trinajstić information content (AvgIpc) is 2.19. The van der Waals surface area contributed by atoms with Gasteiger partial charge in [-0.25, -0.2) is 4.39 Å². The topological polar surface area (TPSA) is 26.0 Å². The van der Waals surface area contributed by atoms with Gasteiger partial charge in [-0.1, -0.05) is 34.8 Å². The molecule has 5 heteroatoms. The van der Waals surface area contributed by atoms with E-state index in [1.807, 2.05) is 0 Å². The lowest BCUT2D eigenvalue weighted by Gasteiger charge is -2.09. The Labute approximate surface area is 113 Å². The van der Waals surface area contributed by atoms with Crippen molar-refractivity contribution in [2.75, 3.05) is 5.73 Å². The van der Waals surface area contributed by atoms with E-state index in [-0.39, 0.29) is 0 Å². The third-order valence-corrected chi connectivity index (χ3v) is 3.08. The van der Waals surface area contributed by atoms with Crippen molar-refractivity contribution in [2.45, 2.75) is 0 Å². The van der Waals surface area contributed by atoms with Gasteiger partial charge in [-0.15, -0.1) is 0 Å². The van der Waals surface area contributed by atoms with Gasteiger partial charge in [0.2, 0.25) is 0 Å². The molecule has 0 aliphatic carbocycles. The van der Waals surface area contributed by atoms with Crippen LogP contribution in [0.3, 0.4) is 0 Å². The lowest BCUT2D eigenvalue weighted by molar-refractivity contribution is 0.632. The molecule has 2 N–H and O–H groups in total. The fraction of sp³-hybridized carbons (Fsp3) is 0. The molecule has 0 amide bonds. The highest BCUT2D eigenvalue weighted by atomic mass is 35.5. The molecule has 2 aromatic carbocycles. The minimum absolute atomic E-state index is 0.297. The fourth-order valence-electron chi connectivity index (χ4n) is 1.53. The first-order valence-corrected chi connectivity index (χ1v) is 5.82. The molecule has 0 aromatic heterocycles. The van der Waals surface area contributed by atoms with Crippen molar-refractivity contribution < 1.29 is 4.39 Å². The second kappa shape index (κ2) is 4.73. The molecule has 0 fully saturated rings. The van der Waals surface area contributed by atoms with Gasteiger partial charge < -0.3 is 5.73 Å². The summed E-state index contributed by atoms with van der Waals surface area (Å²) in [5.74, 6) is -0.476. The third kappa shape index (κ3) is 2.49. The van der Waals surface area contributed by atoms with Gasteiger partial charge in [0.25, 0.3) is 0 Å². The van der Waals surface area contributed by atoms with Crippen LogP contribution in [0.2, 0.25) is 15.1 Å². The molecule has 0 heterocycles. The fourth-order valence-corrected chi connectivity index (χ4v) is 2.55. The van der Waals surface area contributed by atoms with Crippen LogP contribution in [0.25, 0.3) is 11.1 Å². The van der Waals surface area contributed by atoms with E-state index in [4.69, 9.17) is 40.5 Å². The SMILES string of the molecule is Nc1ccc(-c2c(Cl)cc(Cl)cc2Cl)c(F)c1. The highest BCUT2D eigenvalue weighted by Gasteiger charge is 2.14. The first-order valence-electron chi connectivity index (χ1n) is 4.69. The van der Waals surface area contributed by atoms with Gasteiger partial charge in [-0.2, -0.15) is 0 Å². The lowest BCUT2D eigenvalue weighted by atomic mass is 10.0. The predicted octanol–water partition coefficient (Wildman–Crippen LogP) is 5.04. The molecular weight excluding hydrogens is 283 g/mol. The van der Waals surface area contributed by atoms with Gasteiger partial charge in [-0.3, -0.25) is 0 Å². The zero-order valence-corrected chi connectivity index (χ0v) is 10.7. The third-order valence-electron chi connectivity index (χ3n) is 2.27. The Morgan fingerprint density at radius 2 is 1.53 bits per heavy atom. The highest BCUT2D eigenvalue weighted by Crippen LogP contribution is 2.38. The monoisotopic (exact) mass is 289 g/mol. The van der Waals surface area contributed by atoms with E-state index in [0.29, 0.717) is 31.9 Å². The molecular formula is C12H7Cl3FN. The Balaban J connectivity index is 2.68. The van der Waals surface area contributed by atoms with Crippen LogP contribution < -0.4 is 5.73 Å². The van der Waals surface area contributed by atoms with Crippen molar-refractivity contribution >= 4 is 40.5 Å². The van der Waals surface area contributed by atoms with Crippen LogP contribution in [0.5, 0.6) is 0 Å².